The molecule has 0 bridgehead atoms. The largest absolute Gasteiger partial charge is 0.477 e. The van der Waals surface area contributed by atoms with Crippen LogP contribution in [0.15, 0.2) is 30.7 Å². The maximum absolute atomic E-state index is 12.9. The van der Waals surface area contributed by atoms with Crippen LogP contribution in [0.3, 0.4) is 0 Å². The number of aromatic nitrogens is 4. The van der Waals surface area contributed by atoms with Crippen molar-refractivity contribution in [1.82, 2.24) is 24.2 Å². The van der Waals surface area contributed by atoms with E-state index in [1.165, 1.54) is 11.1 Å². The predicted molar refractivity (Wildman–Crippen MR) is 127 cm³/mol. The lowest BCUT2D eigenvalue weighted by Crippen LogP contribution is -2.40. The summed E-state index contributed by atoms with van der Waals surface area (Å²) in [6, 6.07) is 3.19. The molecule has 1 aliphatic heterocycles. The Labute approximate surface area is 212 Å². The van der Waals surface area contributed by atoms with Crippen LogP contribution in [-0.4, -0.2) is 61.0 Å². The lowest BCUT2D eigenvalue weighted by molar-refractivity contribution is -0.141. The van der Waals surface area contributed by atoms with Crippen molar-refractivity contribution in [3.63, 3.8) is 0 Å². The van der Waals surface area contributed by atoms with E-state index in [-0.39, 0.29) is 17.3 Å². The molecule has 0 saturated carbocycles. The molecule has 4 heterocycles. The quantitative estimate of drug-likeness (QED) is 0.399. The van der Waals surface area contributed by atoms with Gasteiger partial charge in [0.05, 0.1) is 42.1 Å². The second-order valence-electron chi connectivity index (χ2n) is 8.27. The monoisotopic (exact) mass is 537 g/mol. The van der Waals surface area contributed by atoms with Gasteiger partial charge in [0.15, 0.2) is 5.69 Å². The highest BCUT2D eigenvalue weighted by Crippen LogP contribution is 2.30. The molecule has 4 rings (SSSR count). The van der Waals surface area contributed by atoms with Gasteiger partial charge in [-0.15, -0.1) is 0 Å². The van der Waals surface area contributed by atoms with E-state index in [0.29, 0.717) is 48.2 Å². The first-order valence-electron chi connectivity index (χ1n) is 11.1. The summed E-state index contributed by atoms with van der Waals surface area (Å²) in [6.45, 7) is 2.88. The number of amides is 2. The second-order valence-corrected chi connectivity index (χ2v) is 9.04. The minimum Gasteiger partial charge on any atom is -0.477 e. The number of piperidine rings is 1. The van der Waals surface area contributed by atoms with E-state index in [1.807, 2.05) is 0 Å². The number of carboxylic acid groups (broad SMARTS) is 1. The fourth-order valence-corrected chi connectivity index (χ4v) is 4.49. The van der Waals surface area contributed by atoms with Gasteiger partial charge in [-0.3, -0.25) is 4.79 Å². The van der Waals surface area contributed by atoms with Crippen molar-refractivity contribution in [2.75, 3.05) is 30.3 Å². The fourth-order valence-electron chi connectivity index (χ4n) is 3.69. The van der Waals surface area contributed by atoms with E-state index in [9.17, 15) is 22.8 Å². The smallest absolute Gasteiger partial charge is 0.434 e. The number of hydrogen-bond donors (Lipinski definition) is 3. The van der Waals surface area contributed by atoms with Gasteiger partial charge in [0.1, 0.15) is 10.8 Å². The van der Waals surface area contributed by atoms with Gasteiger partial charge < -0.3 is 25.4 Å². The van der Waals surface area contributed by atoms with Crippen LogP contribution in [0, 0.1) is 12.8 Å². The van der Waals surface area contributed by atoms with Crippen LogP contribution in [-0.2, 0) is 6.18 Å². The summed E-state index contributed by atoms with van der Waals surface area (Å²) in [6.07, 6.45) is -0.968. The van der Waals surface area contributed by atoms with Gasteiger partial charge in [-0.2, -0.15) is 17.5 Å². The highest BCUT2D eigenvalue weighted by Gasteiger charge is 2.33. The summed E-state index contributed by atoms with van der Waals surface area (Å²) in [4.78, 5) is 36.7. The van der Waals surface area contributed by atoms with Crippen LogP contribution in [0.5, 0.6) is 5.88 Å². The van der Waals surface area contributed by atoms with E-state index in [4.69, 9.17) is 9.84 Å². The number of halogens is 3. The van der Waals surface area contributed by atoms with Crippen molar-refractivity contribution < 1.29 is 32.6 Å². The van der Waals surface area contributed by atoms with Crippen molar-refractivity contribution in [1.29, 1.82) is 0 Å². The molecular formula is C22H22F3N7O4S. The Bertz CT molecular complexity index is 1250. The Hall–Kier alpha value is -4.01. The first-order valence-corrected chi connectivity index (χ1v) is 11.9. The number of rotatable bonds is 7. The van der Waals surface area contributed by atoms with Crippen LogP contribution in [0.1, 0.15) is 34.6 Å². The Morgan fingerprint density at radius 1 is 1.22 bits per heavy atom. The number of hydrogen-bond acceptors (Lipinski definition) is 9. The summed E-state index contributed by atoms with van der Waals surface area (Å²) in [7, 11) is 0. The number of nitrogens with one attached hydrogen (secondary N) is 2. The molecular weight excluding hydrogens is 515 g/mol. The Kier molecular flexibility index (Phi) is 7.71. The highest BCUT2D eigenvalue weighted by molar-refractivity contribution is 7.10. The van der Waals surface area contributed by atoms with E-state index in [1.54, 1.807) is 19.1 Å². The van der Waals surface area contributed by atoms with Crippen LogP contribution in [0.4, 0.5) is 34.5 Å². The molecule has 1 atom stereocenters. The molecule has 196 valence electrons. The zero-order valence-corrected chi connectivity index (χ0v) is 20.3. The molecule has 11 nitrogen and oxygen atoms in total. The summed E-state index contributed by atoms with van der Waals surface area (Å²) in [5, 5.41) is 14.9. The number of carbonyl (C=O) groups is 2. The third-order valence-electron chi connectivity index (χ3n) is 5.52. The van der Waals surface area contributed by atoms with Gasteiger partial charge in [0, 0.05) is 25.1 Å². The molecule has 0 aromatic carbocycles. The minimum absolute atomic E-state index is 0.0262. The van der Waals surface area contributed by atoms with Crippen molar-refractivity contribution >= 4 is 40.0 Å². The number of likely N-dealkylation sites (tertiary alicyclic amines) is 1. The van der Waals surface area contributed by atoms with Crippen LogP contribution >= 0.6 is 11.5 Å². The minimum atomic E-state index is -4.61. The number of pyridine rings is 1. The fraction of sp³-hybridized carbons (Fsp3) is 0.364. The molecule has 2 amide bonds. The first-order chi connectivity index (χ1) is 17.6. The number of nitrogens with zero attached hydrogens (tertiary/aromatic N) is 5. The van der Waals surface area contributed by atoms with Gasteiger partial charge in [-0.25, -0.2) is 19.7 Å². The summed E-state index contributed by atoms with van der Waals surface area (Å²) >= 11 is 0.956. The molecule has 37 heavy (non-hydrogen) atoms. The van der Waals surface area contributed by atoms with Crippen molar-refractivity contribution in [2.45, 2.75) is 25.9 Å². The first kappa shape index (κ1) is 26.1. The number of alkyl halides is 3. The molecule has 3 N–H and O–H groups in total. The molecule has 1 aliphatic rings. The van der Waals surface area contributed by atoms with Crippen molar-refractivity contribution in [3.8, 4) is 5.88 Å². The van der Waals surface area contributed by atoms with Gasteiger partial charge >= 0.3 is 12.3 Å². The lowest BCUT2D eigenvalue weighted by atomic mass is 9.99. The van der Waals surface area contributed by atoms with Crippen LogP contribution in [0.2, 0.25) is 0 Å². The topological polar surface area (TPSA) is 142 Å². The van der Waals surface area contributed by atoms with Gasteiger partial charge in [0.2, 0.25) is 5.88 Å². The molecule has 0 aliphatic carbocycles. The van der Waals surface area contributed by atoms with E-state index in [0.717, 1.165) is 30.6 Å². The maximum Gasteiger partial charge on any atom is 0.434 e. The molecule has 1 fully saturated rings. The average molecular weight is 538 g/mol. The van der Waals surface area contributed by atoms with E-state index in [2.05, 4.69) is 30.0 Å². The second kappa shape index (κ2) is 10.9. The number of carbonyl (C=O) groups excluding carboxylic acids is 1. The number of anilines is 3. The molecule has 1 saturated heterocycles. The average Bonchev–Trinajstić information content (AvgIpc) is 3.23. The molecule has 0 spiro atoms. The summed E-state index contributed by atoms with van der Waals surface area (Å²) in [5.41, 5.74) is -0.122. The Balaban J connectivity index is 1.35. The van der Waals surface area contributed by atoms with Crippen molar-refractivity contribution in [3.05, 3.63) is 47.7 Å². The van der Waals surface area contributed by atoms with E-state index >= 15 is 0 Å². The Morgan fingerprint density at radius 3 is 2.68 bits per heavy atom. The van der Waals surface area contributed by atoms with Gasteiger partial charge in [-0.05, 0) is 37.4 Å². The third kappa shape index (κ3) is 6.61. The normalized spacial score (nSPS) is 15.8. The van der Waals surface area contributed by atoms with Crippen molar-refractivity contribution in [2.24, 2.45) is 5.92 Å². The molecule has 3 aromatic heterocycles. The summed E-state index contributed by atoms with van der Waals surface area (Å²) in [5.74, 6) is -0.0687. The highest BCUT2D eigenvalue weighted by atomic mass is 32.1. The standard InChI is InChI=1S/C22H22F3N7O4S/c1-12-18(20(37-31-12)30-16-9-26-15(8-27-16)22(23,24)25)19(33)29-14-4-5-17(28-7-14)36-11-13-3-2-6-32(10-13)21(34)35/h4-5,7-9,13H,2-3,6,10-11H2,1H3,(H,27,30)(H,29,33)(H,34,35)/t13-/m1/s1. The number of ether oxygens (including phenoxy) is 1. The predicted octanol–water partition coefficient (Wildman–Crippen LogP) is 4.42. The zero-order valence-electron chi connectivity index (χ0n) is 19.4. The molecule has 15 heteroatoms. The SMILES string of the molecule is Cc1nsc(Nc2cnc(C(F)(F)F)cn2)c1C(=O)Nc1ccc(OC[C@@H]2CCCN(C(=O)O)C2)nc1. The molecule has 0 unspecified atom stereocenters. The van der Waals surface area contributed by atoms with Crippen LogP contribution in [0.25, 0.3) is 0 Å². The van der Waals surface area contributed by atoms with Crippen LogP contribution < -0.4 is 15.4 Å². The van der Waals surface area contributed by atoms with Gasteiger partial charge in [0.25, 0.3) is 5.91 Å². The molecule has 0 radical (unpaired) electrons. The van der Waals surface area contributed by atoms with E-state index < -0.39 is 23.9 Å². The maximum atomic E-state index is 12.9. The third-order valence-corrected chi connectivity index (χ3v) is 6.38. The summed E-state index contributed by atoms with van der Waals surface area (Å²) < 4.78 is 47.9. The molecule has 3 aromatic rings. The zero-order chi connectivity index (χ0) is 26.6. The number of aryl methyl sites for hydroxylation is 1. The lowest BCUT2D eigenvalue weighted by Gasteiger charge is -2.30. The van der Waals surface area contributed by atoms with Gasteiger partial charge in [-0.1, -0.05) is 0 Å². The Morgan fingerprint density at radius 2 is 2.03 bits per heavy atom.